The highest BCUT2D eigenvalue weighted by molar-refractivity contribution is 7.89. The van der Waals surface area contributed by atoms with Crippen LogP contribution in [0.25, 0.3) is 11.1 Å². The Morgan fingerprint density at radius 3 is 2.32 bits per heavy atom. The van der Waals surface area contributed by atoms with Crippen LogP contribution in [-0.2, 0) is 16.6 Å². The van der Waals surface area contributed by atoms with Crippen LogP contribution in [0.4, 0.5) is 5.95 Å². The van der Waals surface area contributed by atoms with E-state index < -0.39 is 10.0 Å². The largest absolute Gasteiger partial charge is 0.438 e. The third kappa shape index (κ3) is 6.89. The van der Waals surface area contributed by atoms with Gasteiger partial charge in [-0.25, -0.2) is 18.5 Å². The van der Waals surface area contributed by atoms with E-state index in [1.807, 2.05) is 68.4 Å². The fraction of sp³-hybridized carbons (Fsp3) is 0.258. The number of anilines is 1. The van der Waals surface area contributed by atoms with Crippen LogP contribution in [0.1, 0.15) is 35.1 Å². The molecule has 4 aromatic rings. The number of piperidine rings is 1. The molecule has 1 saturated heterocycles. The summed E-state index contributed by atoms with van der Waals surface area (Å²) >= 11 is 0. The number of aromatic nitrogens is 2. The second-order valence-corrected chi connectivity index (χ2v) is 11.9. The molecule has 0 radical (unpaired) electrons. The number of benzene rings is 3. The fourth-order valence-electron chi connectivity index (χ4n) is 5.06. The third-order valence-corrected chi connectivity index (χ3v) is 8.13. The number of sulfonamides is 1. The van der Waals surface area contributed by atoms with E-state index in [1.165, 1.54) is 0 Å². The monoisotopic (exact) mass is 568 g/mol. The molecule has 9 nitrogen and oxygen atoms in total. The summed E-state index contributed by atoms with van der Waals surface area (Å²) in [6, 6.07) is 22.6. The van der Waals surface area contributed by atoms with Crippen LogP contribution < -0.4 is 15.2 Å². The Kier molecular flexibility index (Phi) is 8.31. The number of nitrogens with zero attached hydrogens (tertiary/aromatic N) is 4. The van der Waals surface area contributed by atoms with Gasteiger partial charge in [-0.1, -0.05) is 42.5 Å². The van der Waals surface area contributed by atoms with Crippen molar-refractivity contribution >= 4 is 16.0 Å². The highest BCUT2D eigenvalue weighted by atomic mass is 32.2. The number of rotatable bonds is 8. The molecular weight excluding hydrogens is 536 g/mol. The Hall–Kier alpha value is -4.30. The van der Waals surface area contributed by atoms with E-state index in [9.17, 15) is 13.7 Å². The average molecular weight is 569 g/mol. The van der Waals surface area contributed by atoms with E-state index in [0.29, 0.717) is 23.1 Å². The van der Waals surface area contributed by atoms with Gasteiger partial charge in [0.05, 0.1) is 22.1 Å². The van der Waals surface area contributed by atoms with Crippen LogP contribution in [0, 0.1) is 25.2 Å². The lowest BCUT2D eigenvalue weighted by atomic mass is 10.0. The Labute approximate surface area is 240 Å². The Balaban J connectivity index is 1.29. The maximum atomic E-state index is 11.5. The topological polar surface area (TPSA) is 134 Å². The van der Waals surface area contributed by atoms with Crippen molar-refractivity contribution in [2.24, 2.45) is 5.14 Å². The van der Waals surface area contributed by atoms with Crippen molar-refractivity contribution in [3.8, 4) is 28.8 Å². The normalized spacial score (nSPS) is 14.4. The van der Waals surface area contributed by atoms with E-state index in [0.717, 1.165) is 60.3 Å². The number of nitrogens with one attached hydrogen (secondary N) is 1. The number of likely N-dealkylation sites (tertiary alicyclic amines) is 1. The standard InChI is InChI=1S/C31H32N6O3S/c1-21-16-24(18-32)17-22(2)29(21)40-30-28(25-6-4-3-5-7-25)19-34-31(36-30)35-26-12-14-37(15-13-26)20-23-8-10-27(11-9-23)41(33,38)39/h3-11,16-17,19,26H,12-15,20H2,1-2H3,(H2,33,38,39)(H,34,35,36). The first-order valence-electron chi connectivity index (χ1n) is 13.4. The summed E-state index contributed by atoms with van der Waals surface area (Å²) in [6.45, 7) is 6.34. The summed E-state index contributed by atoms with van der Waals surface area (Å²) in [7, 11) is -3.69. The molecule has 1 fully saturated rings. The first-order chi connectivity index (χ1) is 19.7. The van der Waals surface area contributed by atoms with Gasteiger partial charge in [-0.3, -0.25) is 4.90 Å². The first-order valence-corrected chi connectivity index (χ1v) is 15.0. The number of ether oxygens (including phenoxy) is 1. The van der Waals surface area contributed by atoms with Crippen molar-refractivity contribution in [3.63, 3.8) is 0 Å². The predicted octanol–water partition coefficient (Wildman–Crippen LogP) is 5.15. The molecule has 0 atom stereocenters. The number of aryl methyl sites for hydroxylation is 2. The Morgan fingerprint density at radius 2 is 1.71 bits per heavy atom. The molecule has 0 amide bonds. The molecule has 1 aliphatic rings. The SMILES string of the molecule is Cc1cc(C#N)cc(C)c1Oc1nc(NC2CCN(Cc3ccc(S(N)(=O)=O)cc3)CC2)ncc1-c1ccccc1. The molecule has 0 unspecified atom stereocenters. The van der Waals surface area contributed by atoms with E-state index >= 15 is 0 Å². The molecular formula is C31H32N6O3S. The summed E-state index contributed by atoms with van der Waals surface area (Å²) in [5, 5.41) is 18.0. The molecule has 1 aromatic heterocycles. The molecule has 1 aliphatic heterocycles. The molecule has 5 rings (SSSR count). The highest BCUT2D eigenvalue weighted by Crippen LogP contribution is 2.35. The van der Waals surface area contributed by atoms with E-state index in [4.69, 9.17) is 14.9 Å². The van der Waals surface area contributed by atoms with Crippen molar-refractivity contribution < 1.29 is 13.2 Å². The van der Waals surface area contributed by atoms with Crippen LogP contribution in [0.15, 0.2) is 77.8 Å². The van der Waals surface area contributed by atoms with E-state index in [-0.39, 0.29) is 10.9 Å². The van der Waals surface area contributed by atoms with Crippen LogP contribution in [0.5, 0.6) is 11.6 Å². The minimum absolute atomic E-state index is 0.121. The Morgan fingerprint density at radius 1 is 1.05 bits per heavy atom. The molecule has 210 valence electrons. The van der Waals surface area contributed by atoms with Crippen molar-refractivity contribution in [1.82, 2.24) is 14.9 Å². The fourth-order valence-corrected chi connectivity index (χ4v) is 5.58. The molecule has 10 heteroatoms. The van der Waals surface area contributed by atoms with Gasteiger partial charge in [-0.2, -0.15) is 10.2 Å². The van der Waals surface area contributed by atoms with Crippen molar-refractivity contribution in [1.29, 1.82) is 5.26 Å². The van der Waals surface area contributed by atoms with E-state index in [2.05, 4.69) is 21.3 Å². The average Bonchev–Trinajstić information content (AvgIpc) is 2.96. The molecule has 3 N–H and O–H groups in total. The molecule has 41 heavy (non-hydrogen) atoms. The zero-order valence-corrected chi connectivity index (χ0v) is 23.9. The highest BCUT2D eigenvalue weighted by Gasteiger charge is 2.22. The molecule has 3 aromatic carbocycles. The molecule has 0 spiro atoms. The van der Waals surface area contributed by atoms with Gasteiger partial charge in [0.25, 0.3) is 0 Å². The summed E-state index contributed by atoms with van der Waals surface area (Å²) < 4.78 is 29.4. The quantitative estimate of drug-likeness (QED) is 0.298. The molecule has 0 bridgehead atoms. The van der Waals surface area contributed by atoms with Crippen LogP contribution >= 0.6 is 0 Å². The minimum Gasteiger partial charge on any atom is -0.438 e. The van der Waals surface area contributed by atoms with Crippen molar-refractivity contribution in [2.75, 3.05) is 18.4 Å². The van der Waals surface area contributed by atoms with Crippen LogP contribution in [-0.4, -0.2) is 42.4 Å². The van der Waals surface area contributed by atoms with Crippen LogP contribution in [0.2, 0.25) is 0 Å². The van der Waals surface area contributed by atoms with Gasteiger partial charge >= 0.3 is 0 Å². The third-order valence-electron chi connectivity index (χ3n) is 7.21. The number of hydrogen-bond donors (Lipinski definition) is 2. The predicted molar refractivity (Wildman–Crippen MR) is 158 cm³/mol. The minimum atomic E-state index is -3.69. The zero-order valence-electron chi connectivity index (χ0n) is 23.0. The molecule has 2 heterocycles. The van der Waals surface area contributed by atoms with Gasteiger partial charge in [0.15, 0.2) is 0 Å². The van der Waals surface area contributed by atoms with E-state index in [1.54, 1.807) is 18.3 Å². The van der Waals surface area contributed by atoms with Gasteiger partial charge in [0.1, 0.15) is 5.75 Å². The summed E-state index contributed by atoms with van der Waals surface area (Å²) in [6.07, 6.45) is 3.60. The number of primary sulfonamides is 1. The van der Waals surface area contributed by atoms with Crippen LogP contribution in [0.3, 0.4) is 0 Å². The first kappa shape index (κ1) is 28.2. The number of nitriles is 1. The maximum absolute atomic E-state index is 11.5. The maximum Gasteiger partial charge on any atom is 0.238 e. The van der Waals surface area contributed by atoms with Gasteiger partial charge in [-0.05, 0) is 73.2 Å². The lowest BCUT2D eigenvalue weighted by Crippen LogP contribution is -2.39. The summed E-state index contributed by atoms with van der Waals surface area (Å²) in [4.78, 5) is 11.9. The molecule has 0 aliphatic carbocycles. The van der Waals surface area contributed by atoms with Crippen molar-refractivity contribution in [3.05, 3.63) is 95.2 Å². The smallest absolute Gasteiger partial charge is 0.238 e. The van der Waals surface area contributed by atoms with Gasteiger partial charge in [-0.15, -0.1) is 0 Å². The van der Waals surface area contributed by atoms with Crippen molar-refractivity contribution in [2.45, 2.75) is 44.2 Å². The lowest BCUT2D eigenvalue weighted by Gasteiger charge is -2.32. The molecule has 0 saturated carbocycles. The second kappa shape index (κ2) is 12.1. The lowest BCUT2D eigenvalue weighted by molar-refractivity contribution is 0.211. The second-order valence-electron chi connectivity index (χ2n) is 10.3. The van der Waals surface area contributed by atoms with Gasteiger partial charge in [0.2, 0.25) is 21.9 Å². The number of nitrogens with two attached hydrogens (primary N) is 1. The zero-order chi connectivity index (χ0) is 29.0. The summed E-state index contributed by atoms with van der Waals surface area (Å²) in [5.41, 5.74) is 5.08. The Bertz CT molecular complexity index is 1650. The summed E-state index contributed by atoms with van der Waals surface area (Å²) in [5.74, 6) is 1.63. The van der Waals surface area contributed by atoms with Gasteiger partial charge < -0.3 is 10.1 Å². The van der Waals surface area contributed by atoms with Gasteiger partial charge in [0, 0.05) is 31.9 Å². The number of hydrogen-bond acceptors (Lipinski definition) is 8.